The van der Waals surface area contributed by atoms with E-state index in [1.807, 2.05) is 0 Å². The van der Waals surface area contributed by atoms with Gasteiger partial charge in [0.1, 0.15) is 5.02 Å². The van der Waals surface area contributed by atoms with Crippen molar-refractivity contribution in [1.29, 1.82) is 0 Å². The number of halogens is 1. The first kappa shape index (κ1) is 11.9. The Morgan fingerprint density at radius 1 is 1.53 bits per heavy atom. The molecule has 0 aliphatic carbocycles. The Bertz CT molecular complexity index is 385. The highest BCUT2D eigenvalue weighted by atomic mass is 35.5. The van der Waals surface area contributed by atoms with E-state index < -0.39 is 10.5 Å². The Morgan fingerprint density at radius 2 is 2.13 bits per heavy atom. The first-order valence-electron chi connectivity index (χ1n) is 4.45. The summed E-state index contributed by atoms with van der Waals surface area (Å²) in [5, 5.41) is 20.3. The van der Waals surface area contributed by atoms with E-state index in [2.05, 4.69) is 0 Å². The van der Waals surface area contributed by atoms with Gasteiger partial charge in [-0.2, -0.15) is 0 Å². The number of nitrogens with zero attached hydrogens (tertiary/aromatic N) is 1. The van der Waals surface area contributed by atoms with Gasteiger partial charge in [0.25, 0.3) is 5.69 Å². The first-order valence-corrected chi connectivity index (χ1v) is 4.82. The van der Waals surface area contributed by atoms with Crippen LogP contribution in [0.4, 0.5) is 5.69 Å². The number of hydrogen-bond donors (Lipinski definition) is 1. The molecule has 0 bridgehead atoms. The molecule has 0 atom stereocenters. The third-order valence-corrected chi connectivity index (χ3v) is 2.16. The minimum absolute atomic E-state index is 0.111. The van der Waals surface area contributed by atoms with Crippen LogP contribution < -0.4 is 0 Å². The van der Waals surface area contributed by atoms with Crippen LogP contribution in [0.2, 0.25) is 5.02 Å². The molecule has 15 heavy (non-hydrogen) atoms. The zero-order chi connectivity index (χ0) is 11.6. The number of hydrogen-bond acceptors (Lipinski definition) is 3. The summed E-state index contributed by atoms with van der Waals surface area (Å²) in [6.45, 7) is 3.29. The van der Waals surface area contributed by atoms with Crippen molar-refractivity contribution in [2.24, 2.45) is 0 Å². The second kappa shape index (κ2) is 4.16. The van der Waals surface area contributed by atoms with Gasteiger partial charge in [-0.25, -0.2) is 0 Å². The summed E-state index contributed by atoms with van der Waals surface area (Å²) < 4.78 is 0. The van der Waals surface area contributed by atoms with Crippen LogP contribution in [0, 0.1) is 10.1 Å². The average molecular weight is 230 g/mol. The number of aliphatic hydroxyl groups is 1. The van der Waals surface area contributed by atoms with Gasteiger partial charge in [-0.3, -0.25) is 10.1 Å². The van der Waals surface area contributed by atoms with E-state index in [0.717, 1.165) is 0 Å². The molecule has 0 unspecified atom stereocenters. The predicted octanol–water partition coefficient (Wildman–Crippen LogP) is 2.56. The van der Waals surface area contributed by atoms with Crippen molar-refractivity contribution in [3.05, 3.63) is 38.9 Å². The zero-order valence-electron chi connectivity index (χ0n) is 8.53. The van der Waals surface area contributed by atoms with E-state index in [9.17, 15) is 15.2 Å². The van der Waals surface area contributed by atoms with Crippen LogP contribution >= 0.6 is 11.6 Å². The molecule has 0 aromatic heterocycles. The largest absolute Gasteiger partial charge is 0.390 e. The van der Waals surface area contributed by atoms with Gasteiger partial charge < -0.3 is 5.11 Å². The van der Waals surface area contributed by atoms with Crippen LogP contribution in [0.3, 0.4) is 0 Å². The van der Waals surface area contributed by atoms with E-state index >= 15 is 0 Å². The maximum atomic E-state index is 10.6. The average Bonchev–Trinajstić information content (AvgIpc) is 2.05. The summed E-state index contributed by atoms with van der Waals surface area (Å²) in [5.74, 6) is 0. The molecule has 82 valence electrons. The summed E-state index contributed by atoms with van der Waals surface area (Å²) in [7, 11) is 0. The van der Waals surface area contributed by atoms with E-state index in [0.29, 0.717) is 12.0 Å². The molecule has 1 rings (SSSR count). The van der Waals surface area contributed by atoms with Gasteiger partial charge in [-0.1, -0.05) is 17.7 Å². The number of nitro benzene ring substituents is 1. The second-order valence-corrected chi connectivity index (χ2v) is 4.44. The van der Waals surface area contributed by atoms with Crippen molar-refractivity contribution in [3.8, 4) is 0 Å². The van der Waals surface area contributed by atoms with Gasteiger partial charge in [-0.15, -0.1) is 0 Å². The van der Waals surface area contributed by atoms with Crippen LogP contribution in [0.5, 0.6) is 0 Å². The fraction of sp³-hybridized carbons (Fsp3) is 0.400. The fourth-order valence-corrected chi connectivity index (χ4v) is 1.49. The minimum atomic E-state index is -0.887. The summed E-state index contributed by atoms with van der Waals surface area (Å²) in [5.41, 5.74) is -0.321. The minimum Gasteiger partial charge on any atom is -0.390 e. The van der Waals surface area contributed by atoms with Crippen molar-refractivity contribution in [1.82, 2.24) is 0 Å². The van der Waals surface area contributed by atoms with Gasteiger partial charge in [0.05, 0.1) is 10.5 Å². The van der Waals surface area contributed by atoms with Crippen LogP contribution in [0.15, 0.2) is 18.2 Å². The fourth-order valence-electron chi connectivity index (χ4n) is 1.31. The predicted molar refractivity (Wildman–Crippen MR) is 58.1 cm³/mol. The van der Waals surface area contributed by atoms with Crippen molar-refractivity contribution in [2.45, 2.75) is 25.9 Å². The van der Waals surface area contributed by atoms with Crippen molar-refractivity contribution in [3.63, 3.8) is 0 Å². The van der Waals surface area contributed by atoms with Crippen LogP contribution in [-0.4, -0.2) is 15.6 Å². The smallest absolute Gasteiger partial charge is 0.288 e. The van der Waals surface area contributed by atoms with E-state index in [1.54, 1.807) is 19.9 Å². The third kappa shape index (κ3) is 3.49. The summed E-state index contributed by atoms with van der Waals surface area (Å²) in [6.07, 6.45) is 0.352. The highest BCUT2D eigenvalue weighted by Gasteiger charge is 2.17. The van der Waals surface area contributed by atoms with Gasteiger partial charge in [0, 0.05) is 12.5 Å². The molecule has 1 aromatic rings. The van der Waals surface area contributed by atoms with Crippen LogP contribution in [-0.2, 0) is 6.42 Å². The lowest BCUT2D eigenvalue weighted by atomic mass is 9.98. The van der Waals surface area contributed by atoms with E-state index in [-0.39, 0.29) is 10.7 Å². The molecule has 0 amide bonds. The topological polar surface area (TPSA) is 63.4 Å². The quantitative estimate of drug-likeness (QED) is 0.640. The second-order valence-electron chi connectivity index (χ2n) is 4.03. The number of nitro groups is 1. The highest BCUT2D eigenvalue weighted by Crippen LogP contribution is 2.26. The van der Waals surface area contributed by atoms with Gasteiger partial charge in [-0.05, 0) is 25.5 Å². The molecule has 0 saturated carbocycles. The molecule has 5 heteroatoms. The lowest BCUT2D eigenvalue weighted by Crippen LogP contribution is -2.21. The molecule has 4 nitrogen and oxygen atoms in total. The summed E-state index contributed by atoms with van der Waals surface area (Å²) >= 11 is 5.66. The Morgan fingerprint density at radius 3 is 2.60 bits per heavy atom. The number of rotatable bonds is 3. The molecule has 0 aliphatic heterocycles. The lowest BCUT2D eigenvalue weighted by Gasteiger charge is -2.16. The molecule has 1 N–H and O–H groups in total. The molecular formula is C10H12ClNO3. The van der Waals surface area contributed by atoms with Gasteiger partial charge in [0.15, 0.2) is 0 Å². The maximum absolute atomic E-state index is 10.6. The maximum Gasteiger partial charge on any atom is 0.288 e. The molecule has 0 spiro atoms. The first-order chi connectivity index (χ1) is 6.79. The Kier molecular flexibility index (Phi) is 3.31. The molecule has 1 aromatic carbocycles. The lowest BCUT2D eigenvalue weighted by molar-refractivity contribution is -0.384. The molecule has 0 fully saturated rings. The normalized spacial score (nSPS) is 11.5. The van der Waals surface area contributed by atoms with Crippen LogP contribution in [0.25, 0.3) is 0 Å². The zero-order valence-corrected chi connectivity index (χ0v) is 9.28. The molecular weight excluding hydrogens is 218 g/mol. The van der Waals surface area contributed by atoms with Crippen molar-refractivity contribution in [2.75, 3.05) is 0 Å². The monoisotopic (exact) mass is 229 g/mol. The van der Waals surface area contributed by atoms with E-state index in [1.165, 1.54) is 12.1 Å². The van der Waals surface area contributed by atoms with Crippen molar-refractivity contribution < 1.29 is 10.0 Å². The molecule has 0 heterocycles. The van der Waals surface area contributed by atoms with Gasteiger partial charge in [0.2, 0.25) is 0 Å². The molecule has 0 aliphatic rings. The molecule has 0 radical (unpaired) electrons. The van der Waals surface area contributed by atoms with E-state index in [4.69, 9.17) is 11.6 Å². The highest BCUT2D eigenvalue weighted by molar-refractivity contribution is 6.32. The molecule has 0 saturated heterocycles. The van der Waals surface area contributed by atoms with Gasteiger partial charge >= 0.3 is 0 Å². The Balaban J connectivity index is 3.03. The summed E-state index contributed by atoms with van der Waals surface area (Å²) in [4.78, 5) is 10.1. The summed E-state index contributed by atoms with van der Waals surface area (Å²) in [6, 6.07) is 4.54. The SMILES string of the molecule is CC(C)(O)Cc1ccc(Cl)c([N+](=O)[O-])c1. The third-order valence-electron chi connectivity index (χ3n) is 1.84. The number of benzene rings is 1. The standard InChI is InChI=1S/C10H12ClNO3/c1-10(2,13)6-7-3-4-8(11)9(5-7)12(14)15/h3-5,13H,6H2,1-2H3. The van der Waals surface area contributed by atoms with Crippen molar-refractivity contribution >= 4 is 17.3 Å². The Labute approximate surface area is 92.6 Å². The Hall–Kier alpha value is -1.13. The van der Waals surface area contributed by atoms with Crippen LogP contribution in [0.1, 0.15) is 19.4 Å².